The first kappa shape index (κ1) is 28.0. The van der Waals surface area contributed by atoms with Crippen molar-refractivity contribution >= 4 is 39.1 Å². The van der Waals surface area contributed by atoms with Crippen LogP contribution in [0, 0.1) is 6.92 Å². The van der Waals surface area contributed by atoms with E-state index in [-0.39, 0.29) is 17.3 Å². The number of amides is 2. The number of ether oxygens (including phenoxy) is 1. The maximum Gasteiger partial charge on any atom is 0.264 e. The molecule has 0 aliphatic heterocycles. The van der Waals surface area contributed by atoms with Crippen molar-refractivity contribution in [3.05, 3.63) is 88.9 Å². The monoisotopic (exact) mass is 543 g/mol. The highest BCUT2D eigenvalue weighted by Gasteiger charge is 2.32. The minimum Gasteiger partial charge on any atom is -0.497 e. The van der Waals surface area contributed by atoms with Crippen molar-refractivity contribution in [1.29, 1.82) is 0 Å². The topological polar surface area (TPSA) is 96.0 Å². The van der Waals surface area contributed by atoms with Gasteiger partial charge in [-0.15, -0.1) is 0 Å². The third-order valence-corrected chi connectivity index (χ3v) is 7.97. The van der Waals surface area contributed by atoms with E-state index in [2.05, 4.69) is 5.32 Å². The molecule has 0 bridgehead atoms. The Labute approximate surface area is 222 Å². The Bertz CT molecular complexity index is 1350. The molecule has 2 amide bonds. The van der Waals surface area contributed by atoms with E-state index >= 15 is 0 Å². The highest BCUT2D eigenvalue weighted by atomic mass is 35.5. The van der Waals surface area contributed by atoms with Crippen LogP contribution in [-0.4, -0.2) is 51.9 Å². The second-order valence-electron chi connectivity index (χ2n) is 8.42. The fourth-order valence-electron chi connectivity index (χ4n) is 3.85. The van der Waals surface area contributed by atoms with Gasteiger partial charge in [-0.25, -0.2) is 8.42 Å². The number of anilines is 1. The van der Waals surface area contributed by atoms with E-state index in [4.69, 9.17) is 16.3 Å². The molecule has 8 nitrogen and oxygen atoms in total. The Morgan fingerprint density at radius 1 is 1.03 bits per heavy atom. The SMILES string of the molecule is CNC(=O)C(C)N(Cc1ccc(OC)cc1)C(=O)CN(c1ccc(Cl)cc1C)S(=O)(=O)c1ccccc1. The van der Waals surface area contributed by atoms with Gasteiger partial charge in [0.1, 0.15) is 18.3 Å². The lowest BCUT2D eigenvalue weighted by atomic mass is 10.1. The number of halogens is 1. The van der Waals surface area contributed by atoms with Crippen molar-refractivity contribution in [3.8, 4) is 5.75 Å². The summed E-state index contributed by atoms with van der Waals surface area (Å²) in [6, 6.07) is 18.9. The predicted octanol–water partition coefficient (Wildman–Crippen LogP) is 4.02. The van der Waals surface area contributed by atoms with Crippen molar-refractivity contribution in [1.82, 2.24) is 10.2 Å². The number of carbonyl (C=O) groups is 2. The molecule has 0 spiro atoms. The summed E-state index contributed by atoms with van der Waals surface area (Å²) in [6.07, 6.45) is 0. The number of sulfonamides is 1. The highest BCUT2D eigenvalue weighted by molar-refractivity contribution is 7.92. The molecule has 0 saturated heterocycles. The van der Waals surface area contributed by atoms with E-state index < -0.39 is 28.5 Å². The average Bonchev–Trinajstić information content (AvgIpc) is 2.90. The molecule has 0 aliphatic rings. The summed E-state index contributed by atoms with van der Waals surface area (Å²) >= 11 is 6.12. The van der Waals surface area contributed by atoms with Crippen LogP contribution in [0.25, 0.3) is 0 Å². The van der Waals surface area contributed by atoms with Crippen molar-refractivity contribution < 1.29 is 22.7 Å². The molecule has 0 heterocycles. The molecule has 37 heavy (non-hydrogen) atoms. The van der Waals surface area contributed by atoms with E-state index in [1.807, 2.05) is 0 Å². The van der Waals surface area contributed by atoms with Gasteiger partial charge in [0.05, 0.1) is 17.7 Å². The smallest absolute Gasteiger partial charge is 0.264 e. The molecule has 196 valence electrons. The molecule has 0 aliphatic carbocycles. The third-order valence-electron chi connectivity index (χ3n) is 5.96. The van der Waals surface area contributed by atoms with Gasteiger partial charge < -0.3 is 15.0 Å². The first-order valence-corrected chi connectivity index (χ1v) is 13.4. The maximum atomic E-state index is 13.8. The van der Waals surface area contributed by atoms with Gasteiger partial charge >= 0.3 is 0 Å². The Kier molecular flexibility index (Phi) is 9.18. The van der Waals surface area contributed by atoms with E-state index in [0.717, 1.165) is 9.87 Å². The Morgan fingerprint density at radius 2 is 1.68 bits per heavy atom. The molecule has 1 N–H and O–H groups in total. The van der Waals surface area contributed by atoms with Crippen LogP contribution in [0.4, 0.5) is 5.69 Å². The first-order chi connectivity index (χ1) is 17.6. The average molecular weight is 544 g/mol. The predicted molar refractivity (Wildman–Crippen MR) is 144 cm³/mol. The lowest BCUT2D eigenvalue weighted by Crippen LogP contribution is -2.50. The second-order valence-corrected chi connectivity index (χ2v) is 10.7. The van der Waals surface area contributed by atoms with Crippen LogP contribution >= 0.6 is 11.6 Å². The fraction of sp³-hybridized carbons (Fsp3) is 0.259. The van der Waals surface area contributed by atoms with Gasteiger partial charge in [-0.05, 0) is 67.4 Å². The van der Waals surface area contributed by atoms with Crippen molar-refractivity contribution in [2.24, 2.45) is 0 Å². The fourth-order valence-corrected chi connectivity index (χ4v) is 5.58. The molecule has 1 unspecified atom stereocenters. The summed E-state index contributed by atoms with van der Waals surface area (Å²) in [5, 5.41) is 3.00. The van der Waals surface area contributed by atoms with Crippen molar-refractivity contribution in [2.75, 3.05) is 25.0 Å². The largest absolute Gasteiger partial charge is 0.497 e. The third kappa shape index (κ3) is 6.61. The zero-order valence-corrected chi connectivity index (χ0v) is 22.7. The zero-order chi connectivity index (χ0) is 27.2. The molecule has 1 atom stereocenters. The molecule has 0 radical (unpaired) electrons. The molecular formula is C27H30ClN3O5S. The molecular weight excluding hydrogens is 514 g/mol. The molecule has 10 heteroatoms. The zero-order valence-electron chi connectivity index (χ0n) is 21.1. The van der Waals surface area contributed by atoms with Gasteiger partial charge in [0.2, 0.25) is 11.8 Å². The molecule has 0 saturated carbocycles. The number of hydrogen-bond donors (Lipinski definition) is 1. The standard InChI is InChI=1S/C27H30ClN3O5S/c1-19-16-22(28)12-15-25(19)31(37(34,35)24-8-6-5-7-9-24)18-26(32)30(20(2)27(33)29-3)17-21-10-13-23(36-4)14-11-21/h5-16,20H,17-18H2,1-4H3,(H,29,33). The van der Waals surface area contributed by atoms with Crippen LogP contribution in [0.2, 0.25) is 5.02 Å². The summed E-state index contributed by atoms with van der Waals surface area (Å²) in [6.45, 7) is 2.90. The minimum absolute atomic E-state index is 0.0400. The Hall–Kier alpha value is -3.56. The highest BCUT2D eigenvalue weighted by Crippen LogP contribution is 2.29. The molecule has 3 aromatic rings. The van der Waals surface area contributed by atoms with E-state index in [1.54, 1.807) is 81.6 Å². The quantitative estimate of drug-likeness (QED) is 0.417. The number of methoxy groups -OCH3 is 1. The van der Waals surface area contributed by atoms with Crippen LogP contribution < -0.4 is 14.4 Å². The normalized spacial score (nSPS) is 11.9. The lowest BCUT2D eigenvalue weighted by molar-refractivity contribution is -0.139. The second kappa shape index (κ2) is 12.1. The number of carbonyl (C=O) groups excluding carboxylic acids is 2. The Balaban J connectivity index is 2.04. The lowest BCUT2D eigenvalue weighted by Gasteiger charge is -2.32. The number of likely N-dealkylation sites (N-methyl/N-ethyl adjacent to an activating group) is 1. The number of aryl methyl sites for hydroxylation is 1. The molecule has 3 aromatic carbocycles. The number of nitrogens with zero attached hydrogens (tertiary/aromatic N) is 2. The van der Waals surface area contributed by atoms with Crippen LogP contribution in [0.15, 0.2) is 77.7 Å². The van der Waals surface area contributed by atoms with Gasteiger partial charge in [0.25, 0.3) is 10.0 Å². The number of nitrogens with one attached hydrogen (secondary N) is 1. The maximum absolute atomic E-state index is 13.8. The van der Waals surface area contributed by atoms with Crippen LogP contribution in [0.5, 0.6) is 5.75 Å². The number of benzene rings is 3. The molecule has 0 fully saturated rings. The Morgan fingerprint density at radius 3 is 2.24 bits per heavy atom. The van der Waals surface area contributed by atoms with Crippen LogP contribution in [-0.2, 0) is 26.2 Å². The summed E-state index contributed by atoms with van der Waals surface area (Å²) < 4.78 is 33.8. The summed E-state index contributed by atoms with van der Waals surface area (Å²) in [5.74, 6) is -0.262. The van der Waals surface area contributed by atoms with E-state index in [9.17, 15) is 18.0 Å². The number of rotatable bonds is 10. The van der Waals surface area contributed by atoms with Crippen molar-refractivity contribution in [3.63, 3.8) is 0 Å². The van der Waals surface area contributed by atoms with E-state index in [0.29, 0.717) is 22.0 Å². The summed E-state index contributed by atoms with van der Waals surface area (Å²) in [4.78, 5) is 27.7. The summed E-state index contributed by atoms with van der Waals surface area (Å²) in [7, 11) is -1.09. The number of hydrogen-bond acceptors (Lipinski definition) is 5. The van der Waals surface area contributed by atoms with Crippen molar-refractivity contribution in [2.45, 2.75) is 31.3 Å². The van der Waals surface area contributed by atoms with Crippen LogP contribution in [0.3, 0.4) is 0 Å². The molecule has 3 rings (SSSR count). The van der Waals surface area contributed by atoms with Crippen LogP contribution in [0.1, 0.15) is 18.1 Å². The van der Waals surface area contributed by atoms with Gasteiger partial charge in [-0.1, -0.05) is 41.9 Å². The first-order valence-electron chi connectivity index (χ1n) is 11.6. The van der Waals surface area contributed by atoms with Gasteiger partial charge in [-0.2, -0.15) is 0 Å². The minimum atomic E-state index is -4.13. The molecule has 0 aromatic heterocycles. The van der Waals surface area contributed by atoms with E-state index in [1.165, 1.54) is 24.1 Å². The summed E-state index contributed by atoms with van der Waals surface area (Å²) in [5.41, 5.74) is 1.66. The van der Waals surface area contributed by atoms with Gasteiger partial charge in [0.15, 0.2) is 0 Å². The van der Waals surface area contributed by atoms with Gasteiger partial charge in [0, 0.05) is 18.6 Å². The van der Waals surface area contributed by atoms with Gasteiger partial charge in [-0.3, -0.25) is 13.9 Å².